The zero-order valence-corrected chi connectivity index (χ0v) is 10.6. The van der Waals surface area contributed by atoms with Crippen molar-refractivity contribution in [3.05, 3.63) is 29.3 Å². The van der Waals surface area contributed by atoms with Gasteiger partial charge in [-0.3, -0.25) is 0 Å². The molecule has 0 amide bonds. The summed E-state index contributed by atoms with van der Waals surface area (Å²) in [6.07, 6.45) is 1.02. The van der Waals surface area contributed by atoms with Crippen LogP contribution in [0.4, 0.5) is 0 Å². The van der Waals surface area contributed by atoms with E-state index in [2.05, 4.69) is 44.3 Å². The number of nitrogens with one attached hydrogen (secondary N) is 1. The average molecular weight is 219 g/mol. The van der Waals surface area contributed by atoms with E-state index in [1.165, 1.54) is 11.1 Å². The van der Waals surface area contributed by atoms with Gasteiger partial charge in [-0.1, -0.05) is 32.9 Å². The molecule has 0 spiro atoms. The zero-order chi connectivity index (χ0) is 11.8. The second kappa shape index (κ2) is 4.10. The fourth-order valence-electron chi connectivity index (χ4n) is 2.44. The second-order valence-corrected chi connectivity index (χ2v) is 5.23. The van der Waals surface area contributed by atoms with E-state index >= 15 is 0 Å². The predicted molar refractivity (Wildman–Crippen MR) is 66.9 cm³/mol. The topological polar surface area (TPSA) is 21.3 Å². The predicted octanol–water partition coefficient (Wildman–Crippen LogP) is 2.93. The standard InChI is InChI=1S/C14H21NO/c1-5-10-8-11(6-7-12(10)16-4)13-14(2,3)9-15-13/h6-8,13,15H,5,9H2,1-4H3. The molecule has 2 nitrogen and oxygen atoms in total. The highest BCUT2D eigenvalue weighted by Crippen LogP contribution is 2.41. The van der Waals surface area contributed by atoms with Crippen LogP contribution < -0.4 is 10.1 Å². The lowest BCUT2D eigenvalue weighted by Gasteiger charge is -2.46. The molecule has 0 bridgehead atoms. The van der Waals surface area contributed by atoms with Gasteiger partial charge in [0.15, 0.2) is 0 Å². The lowest BCUT2D eigenvalue weighted by atomic mass is 9.73. The van der Waals surface area contributed by atoms with Crippen molar-refractivity contribution in [1.82, 2.24) is 5.32 Å². The molecule has 0 aliphatic carbocycles. The molecule has 16 heavy (non-hydrogen) atoms. The summed E-state index contributed by atoms with van der Waals surface area (Å²) in [5.41, 5.74) is 3.05. The molecule has 2 heteroatoms. The number of ether oxygens (including phenoxy) is 1. The summed E-state index contributed by atoms with van der Waals surface area (Å²) >= 11 is 0. The van der Waals surface area contributed by atoms with Crippen LogP contribution in [0.2, 0.25) is 0 Å². The monoisotopic (exact) mass is 219 g/mol. The van der Waals surface area contributed by atoms with E-state index in [4.69, 9.17) is 4.74 Å². The van der Waals surface area contributed by atoms with Crippen molar-refractivity contribution in [2.24, 2.45) is 5.41 Å². The maximum atomic E-state index is 5.35. The van der Waals surface area contributed by atoms with Crippen molar-refractivity contribution in [2.75, 3.05) is 13.7 Å². The van der Waals surface area contributed by atoms with Crippen molar-refractivity contribution in [3.63, 3.8) is 0 Å². The summed E-state index contributed by atoms with van der Waals surface area (Å²) in [7, 11) is 1.74. The third-order valence-electron chi connectivity index (χ3n) is 3.56. The largest absolute Gasteiger partial charge is 0.496 e. The van der Waals surface area contributed by atoms with E-state index in [1.807, 2.05) is 0 Å². The minimum absolute atomic E-state index is 0.375. The smallest absolute Gasteiger partial charge is 0.122 e. The van der Waals surface area contributed by atoms with Crippen molar-refractivity contribution >= 4 is 0 Å². The molecule has 2 rings (SSSR count). The van der Waals surface area contributed by atoms with Gasteiger partial charge in [-0.15, -0.1) is 0 Å². The van der Waals surface area contributed by atoms with Crippen LogP contribution >= 0.6 is 0 Å². The van der Waals surface area contributed by atoms with Gasteiger partial charge in [-0.25, -0.2) is 0 Å². The van der Waals surface area contributed by atoms with Crippen LogP contribution in [0.3, 0.4) is 0 Å². The first-order valence-electron chi connectivity index (χ1n) is 5.98. The number of methoxy groups -OCH3 is 1. The van der Waals surface area contributed by atoms with Gasteiger partial charge in [-0.2, -0.15) is 0 Å². The molecule has 88 valence electrons. The lowest BCUT2D eigenvalue weighted by Crippen LogP contribution is -2.52. The molecule has 1 saturated heterocycles. The van der Waals surface area contributed by atoms with Crippen LogP contribution in [0, 0.1) is 5.41 Å². The Labute approximate surface area is 98.0 Å². The van der Waals surface area contributed by atoms with Crippen LogP contribution in [0.15, 0.2) is 18.2 Å². The van der Waals surface area contributed by atoms with E-state index in [1.54, 1.807) is 7.11 Å². The van der Waals surface area contributed by atoms with Crippen LogP contribution in [0.1, 0.15) is 37.9 Å². The van der Waals surface area contributed by atoms with Gasteiger partial charge in [0.05, 0.1) is 7.11 Å². The maximum Gasteiger partial charge on any atom is 0.122 e. The first-order valence-corrected chi connectivity index (χ1v) is 5.98. The Bertz CT molecular complexity index is 384. The minimum Gasteiger partial charge on any atom is -0.496 e. The second-order valence-electron chi connectivity index (χ2n) is 5.23. The van der Waals surface area contributed by atoms with E-state index in [-0.39, 0.29) is 0 Å². The SMILES string of the molecule is CCc1cc(C2NCC2(C)C)ccc1OC. The summed E-state index contributed by atoms with van der Waals surface area (Å²) < 4.78 is 5.35. The Morgan fingerprint density at radius 3 is 2.62 bits per heavy atom. The number of rotatable bonds is 3. The molecule has 1 fully saturated rings. The van der Waals surface area contributed by atoms with Gasteiger partial charge in [0.2, 0.25) is 0 Å². The maximum absolute atomic E-state index is 5.35. The molecule has 0 radical (unpaired) electrons. The van der Waals surface area contributed by atoms with Crippen molar-refractivity contribution < 1.29 is 4.74 Å². The van der Waals surface area contributed by atoms with Gasteiger partial charge in [-0.05, 0) is 29.0 Å². The first-order chi connectivity index (χ1) is 7.58. The van der Waals surface area contributed by atoms with Gasteiger partial charge >= 0.3 is 0 Å². The van der Waals surface area contributed by atoms with Crippen LogP contribution in [-0.4, -0.2) is 13.7 Å². The Kier molecular flexibility index (Phi) is 2.94. The van der Waals surface area contributed by atoms with E-state index < -0.39 is 0 Å². The molecule has 1 aliphatic heterocycles. The fraction of sp³-hybridized carbons (Fsp3) is 0.571. The van der Waals surface area contributed by atoms with E-state index in [0.29, 0.717) is 11.5 Å². The molecule has 0 aromatic heterocycles. The molecule has 1 aromatic carbocycles. The minimum atomic E-state index is 0.375. The molecular formula is C14H21NO. The molecule has 1 unspecified atom stereocenters. The van der Waals surface area contributed by atoms with Gasteiger partial charge < -0.3 is 10.1 Å². The highest BCUT2D eigenvalue weighted by atomic mass is 16.5. The molecule has 1 N–H and O–H groups in total. The van der Waals surface area contributed by atoms with Crippen molar-refractivity contribution in [1.29, 1.82) is 0 Å². The lowest BCUT2D eigenvalue weighted by molar-refractivity contribution is 0.128. The fourth-order valence-corrected chi connectivity index (χ4v) is 2.44. The third kappa shape index (κ3) is 1.82. The highest BCUT2D eigenvalue weighted by Gasteiger charge is 2.39. The van der Waals surface area contributed by atoms with Gasteiger partial charge in [0.25, 0.3) is 0 Å². The number of aryl methyl sites for hydroxylation is 1. The first kappa shape index (κ1) is 11.5. The highest BCUT2D eigenvalue weighted by molar-refractivity contribution is 5.39. The summed E-state index contributed by atoms with van der Waals surface area (Å²) in [6.45, 7) is 7.89. The Balaban J connectivity index is 2.30. The van der Waals surface area contributed by atoms with Crippen LogP contribution in [-0.2, 0) is 6.42 Å². The normalized spacial score (nSPS) is 22.6. The summed E-state index contributed by atoms with van der Waals surface area (Å²) in [5, 5.41) is 3.50. The van der Waals surface area contributed by atoms with Crippen molar-refractivity contribution in [3.8, 4) is 5.75 Å². The molecular weight excluding hydrogens is 198 g/mol. The van der Waals surface area contributed by atoms with Crippen LogP contribution in [0.25, 0.3) is 0 Å². The van der Waals surface area contributed by atoms with Crippen molar-refractivity contribution in [2.45, 2.75) is 33.2 Å². The molecule has 1 aliphatic rings. The molecule has 1 aromatic rings. The quantitative estimate of drug-likeness (QED) is 0.844. The molecule has 1 atom stereocenters. The van der Waals surface area contributed by atoms with Crippen LogP contribution in [0.5, 0.6) is 5.75 Å². The van der Waals surface area contributed by atoms with Gasteiger partial charge in [0.1, 0.15) is 5.75 Å². The summed E-state index contributed by atoms with van der Waals surface area (Å²) in [5.74, 6) is 1.00. The summed E-state index contributed by atoms with van der Waals surface area (Å²) in [4.78, 5) is 0. The van der Waals surface area contributed by atoms with E-state index in [9.17, 15) is 0 Å². The average Bonchev–Trinajstić information content (AvgIpc) is 2.27. The molecule has 0 saturated carbocycles. The Morgan fingerprint density at radius 1 is 1.44 bits per heavy atom. The number of benzene rings is 1. The summed E-state index contributed by atoms with van der Waals surface area (Å²) in [6, 6.07) is 7.03. The number of hydrogen-bond acceptors (Lipinski definition) is 2. The molecule has 1 heterocycles. The van der Waals surface area contributed by atoms with E-state index in [0.717, 1.165) is 18.7 Å². The zero-order valence-electron chi connectivity index (χ0n) is 10.6. The number of hydrogen-bond donors (Lipinski definition) is 1. The third-order valence-corrected chi connectivity index (χ3v) is 3.56. The Morgan fingerprint density at radius 2 is 2.19 bits per heavy atom. The van der Waals surface area contributed by atoms with Gasteiger partial charge in [0, 0.05) is 12.6 Å². The Hall–Kier alpha value is -1.02.